The second-order valence-electron chi connectivity index (χ2n) is 14.2. The molecule has 4 aliphatic rings. The van der Waals surface area contributed by atoms with Gasteiger partial charge in [-0.05, 0) is 58.4 Å². The van der Waals surface area contributed by atoms with Crippen molar-refractivity contribution >= 4 is 14.9 Å². The molecular weight excluding hydrogens is 655 g/mol. The molecule has 0 saturated heterocycles. The van der Waals surface area contributed by atoms with E-state index in [0.717, 1.165) is 12.8 Å². The van der Waals surface area contributed by atoms with Gasteiger partial charge in [0.15, 0.2) is 0 Å². The van der Waals surface area contributed by atoms with Crippen LogP contribution in [0, 0.1) is 17.6 Å². The van der Waals surface area contributed by atoms with Crippen molar-refractivity contribution in [2.45, 2.75) is 86.0 Å². The molecule has 0 bridgehead atoms. The molecule has 44 heavy (non-hydrogen) atoms. The van der Waals surface area contributed by atoms with Gasteiger partial charge in [0.2, 0.25) is 0 Å². The van der Waals surface area contributed by atoms with Crippen molar-refractivity contribution in [1.82, 2.24) is 0 Å². The Morgan fingerprint density at radius 3 is 1.89 bits per heavy atom. The van der Waals surface area contributed by atoms with E-state index in [0.29, 0.717) is 5.41 Å². The van der Waals surface area contributed by atoms with E-state index in [9.17, 15) is 0 Å². The van der Waals surface area contributed by atoms with Crippen LogP contribution < -0.4 is 24.8 Å². The van der Waals surface area contributed by atoms with Crippen LogP contribution in [0.1, 0.15) is 108 Å². The van der Waals surface area contributed by atoms with Crippen molar-refractivity contribution in [3.8, 4) is 11.1 Å². The van der Waals surface area contributed by atoms with Crippen molar-refractivity contribution in [3.05, 3.63) is 129 Å². The summed E-state index contributed by atoms with van der Waals surface area (Å²) in [6, 6.07) is 20.2. The van der Waals surface area contributed by atoms with Crippen LogP contribution in [0.5, 0.6) is 0 Å². The molecule has 0 aromatic heterocycles. The van der Waals surface area contributed by atoms with Gasteiger partial charge in [-0.1, -0.05) is 84.4 Å². The minimum absolute atomic E-state index is 0. The molecule has 0 spiro atoms. The van der Waals surface area contributed by atoms with E-state index < -0.39 is 0 Å². The van der Waals surface area contributed by atoms with Gasteiger partial charge in [0.1, 0.15) is 0 Å². The molecule has 3 aromatic rings. The van der Waals surface area contributed by atoms with Crippen LogP contribution in [-0.2, 0) is 41.5 Å². The van der Waals surface area contributed by atoms with E-state index in [4.69, 9.17) is 0 Å². The molecule has 0 nitrogen and oxygen atoms in total. The van der Waals surface area contributed by atoms with E-state index in [1.165, 1.54) is 91.0 Å². The van der Waals surface area contributed by atoms with Crippen molar-refractivity contribution in [3.63, 3.8) is 0 Å². The molecule has 3 heteroatoms. The number of hydrogen-bond donors (Lipinski definition) is 0. The molecule has 0 saturated carbocycles. The Morgan fingerprint density at radius 2 is 1.39 bits per heavy atom. The number of rotatable bonds is 1. The van der Waals surface area contributed by atoms with E-state index in [1.54, 1.807) is 0 Å². The minimum atomic E-state index is 0. The van der Waals surface area contributed by atoms with Gasteiger partial charge in [-0.25, -0.2) is 11.6 Å². The Hall–Kier alpha value is -2.05. The van der Waals surface area contributed by atoms with Gasteiger partial charge in [0.25, 0.3) is 0 Å². The molecule has 0 amide bonds. The molecule has 0 fully saturated rings. The molecule has 228 valence electrons. The first-order valence-corrected chi connectivity index (χ1v) is 16.6. The number of halogens is 2. The summed E-state index contributed by atoms with van der Waals surface area (Å²) in [6.07, 6.45) is 15.6. The molecular formula is C41H44Cl2Zr-2. The molecule has 3 aromatic carbocycles. The van der Waals surface area contributed by atoms with E-state index in [-0.39, 0.29) is 35.6 Å². The normalized spacial score (nSPS) is 17.0. The quantitative estimate of drug-likeness (QED) is 0.256. The van der Waals surface area contributed by atoms with Gasteiger partial charge in [-0.2, -0.15) is 17.2 Å². The van der Waals surface area contributed by atoms with Crippen LogP contribution in [0.25, 0.3) is 22.3 Å². The molecule has 0 radical (unpaired) electrons. The zero-order chi connectivity index (χ0) is 30.4. The maximum atomic E-state index is 3.65. The van der Waals surface area contributed by atoms with Gasteiger partial charge in [0, 0.05) is 5.41 Å². The molecule has 0 N–H and O–H groups in total. The van der Waals surface area contributed by atoms with Crippen LogP contribution in [-0.4, -0.2) is 3.71 Å². The van der Waals surface area contributed by atoms with Crippen molar-refractivity contribution in [1.29, 1.82) is 0 Å². The SMILES string of the molecule is CC(C)(C)C1=CC[C-]=C1.CC1=[C-]C(C)(C)c2cc3c(cc21)-c1cc2c(cc1C3)C(C)(C)C=C2C.[Cl-].[Cl-].[Zr+2]=[CH]c1ccccc1. The van der Waals surface area contributed by atoms with Crippen molar-refractivity contribution in [2.75, 3.05) is 0 Å². The van der Waals surface area contributed by atoms with Gasteiger partial charge >= 0.3 is 63.8 Å². The first-order valence-electron chi connectivity index (χ1n) is 15.2. The van der Waals surface area contributed by atoms with Gasteiger partial charge < -0.3 is 24.8 Å². The second kappa shape index (κ2) is 13.7. The summed E-state index contributed by atoms with van der Waals surface area (Å²) in [7, 11) is 0. The summed E-state index contributed by atoms with van der Waals surface area (Å²) in [4.78, 5) is 0. The second-order valence-corrected chi connectivity index (χ2v) is 14.9. The van der Waals surface area contributed by atoms with Crippen LogP contribution in [0.2, 0.25) is 0 Å². The number of fused-ring (bicyclic) bond motifs is 5. The van der Waals surface area contributed by atoms with Gasteiger partial charge in [-0.3, -0.25) is 12.2 Å². The Kier molecular flexibility index (Phi) is 11.4. The van der Waals surface area contributed by atoms with Crippen LogP contribution in [0.3, 0.4) is 0 Å². The van der Waals surface area contributed by atoms with Crippen molar-refractivity contribution in [2.24, 2.45) is 5.41 Å². The fourth-order valence-electron chi connectivity index (χ4n) is 6.74. The third-order valence-electron chi connectivity index (χ3n) is 8.96. The van der Waals surface area contributed by atoms with Crippen molar-refractivity contribution < 1.29 is 49.0 Å². The molecule has 0 heterocycles. The number of allylic oxidation sites excluding steroid dienone is 8. The van der Waals surface area contributed by atoms with E-state index in [2.05, 4.69) is 145 Å². The summed E-state index contributed by atoms with van der Waals surface area (Å²) in [6.45, 7) is 20.4. The molecule has 0 unspecified atom stereocenters. The summed E-state index contributed by atoms with van der Waals surface area (Å²) in [5, 5.41) is 0. The Balaban J connectivity index is 0.000000231. The van der Waals surface area contributed by atoms with Crippen LogP contribution >= 0.6 is 0 Å². The first-order chi connectivity index (χ1) is 19.7. The molecule has 4 aliphatic carbocycles. The third kappa shape index (κ3) is 7.33. The first kappa shape index (κ1) is 36.4. The average molecular weight is 699 g/mol. The third-order valence-corrected chi connectivity index (χ3v) is 9.78. The Labute approximate surface area is 294 Å². The summed E-state index contributed by atoms with van der Waals surface area (Å²) >= 11 is 1.46. The Bertz CT molecular complexity index is 1590. The fraction of sp³-hybridized carbons (Fsp3) is 0.341. The monoisotopic (exact) mass is 696 g/mol. The maximum absolute atomic E-state index is 3.65. The summed E-state index contributed by atoms with van der Waals surface area (Å²) in [5.74, 6) is 0. The van der Waals surface area contributed by atoms with Crippen LogP contribution in [0.15, 0.2) is 78.4 Å². The number of benzene rings is 3. The summed E-state index contributed by atoms with van der Waals surface area (Å²) in [5.41, 5.74) is 17.6. The zero-order valence-corrected chi connectivity index (χ0v) is 31.6. The predicted octanol–water partition coefficient (Wildman–Crippen LogP) is 4.56. The fourth-order valence-corrected chi connectivity index (χ4v) is 7.22. The number of hydrogen-bond acceptors (Lipinski definition) is 0. The summed E-state index contributed by atoms with van der Waals surface area (Å²) < 4.78 is 2.17. The molecule has 0 atom stereocenters. The Morgan fingerprint density at radius 1 is 0.795 bits per heavy atom. The zero-order valence-electron chi connectivity index (χ0n) is 27.7. The topological polar surface area (TPSA) is 0 Å². The van der Waals surface area contributed by atoms with Gasteiger partial charge in [0.05, 0.1) is 0 Å². The van der Waals surface area contributed by atoms with E-state index in [1.807, 2.05) is 6.07 Å². The predicted molar refractivity (Wildman–Crippen MR) is 178 cm³/mol. The van der Waals surface area contributed by atoms with E-state index >= 15 is 0 Å². The average Bonchev–Trinajstić information content (AvgIpc) is 3.68. The van der Waals surface area contributed by atoms with Crippen LogP contribution in [0.4, 0.5) is 0 Å². The van der Waals surface area contributed by atoms with Gasteiger partial charge in [-0.15, -0.1) is 18.1 Å². The molecule has 7 rings (SSSR count). The standard InChI is InChI=1S/C25H25.C9H13.C7H6.2ClH.Zr/c1-14-12-24(3,4)22-8-16-7-17-9-23-19(15(2)13-25(23,5)6)11-21(17)20(16)10-18(14)22;1-9(2,3)8-6-4-5-7-8;1-7-5-3-2-4-6-7;;;/h8-12H,7H2,1-6H3;6-7H,4H2,1-3H3;1-6H;2*1H;/q2*-1;;;;+2/p-2. The molecule has 0 aliphatic heterocycles.